The monoisotopic (exact) mass is 290 g/mol. The zero-order valence-corrected chi connectivity index (χ0v) is 12.8. The van der Waals surface area contributed by atoms with Gasteiger partial charge in [0.2, 0.25) is 11.1 Å². The van der Waals surface area contributed by atoms with E-state index in [1.807, 2.05) is 0 Å². The summed E-state index contributed by atoms with van der Waals surface area (Å²) in [5.41, 5.74) is -1.81. The highest BCUT2D eigenvalue weighted by Crippen LogP contribution is 2.12. The van der Waals surface area contributed by atoms with Crippen LogP contribution in [-0.2, 0) is 0 Å². The van der Waals surface area contributed by atoms with Crippen molar-refractivity contribution in [3.05, 3.63) is 20.2 Å². The first-order valence-corrected chi connectivity index (χ1v) is 6.80. The third kappa shape index (κ3) is 7.34. The first-order chi connectivity index (χ1) is 9.09. The molecule has 0 aromatic rings. The van der Waals surface area contributed by atoms with Crippen molar-refractivity contribution in [1.29, 1.82) is 0 Å². The van der Waals surface area contributed by atoms with E-state index in [2.05, 4.69) is 10.6 Å². The van der Waals surface area contributed by atoms with Crippen LogP contribution >= 0.6 is 0 Å². The van der Waals surface area contributed by atoms with Gasteiger partial charge in [-0.25, -0.2) is 0 Å². The fraction of sp³-hybridized carbons (Fsp3) is 1.00. The largest absolute Gasteiger partial charge is 0.315 e. The summed E-state index contributed by atoms with van der Waals surface area (Å²) in [4.78, 5) is 20.8. The molecule has 0 aliphatic heterocycles. The second-order valence-electron chi connectivity index (χ2n) is 6.14. The lowest BCUT2D eigenvalue weighted by atomic mass is 10.0. The average molecular weight is 290 g/mol. The summed E-state index contributed by atoms with van der Waals surface area (Å²) in [5.74, 6) is 0. The Balaban J connectivity index is 3.56. The Bertz CT molecular complexity index is 299. The zero-order valence-electron chi connectivity index (χ0n) is 12.8. The molecule has 0 aromatic carbocycles. The van der Waals surface area contributed by atoms with Crippen LogP contribution in [0.5, 0.6) is 0 Å². The molecule has 0 aliphatic carbocycles. The minimum atomic E-state index is -0.907. The Morgan fingerprint density at radius 3 is 1.30 bits per heavy atom. The van der Waals surface area contributed by atoms with Crippen LogP contribution in [0.3, 0.4) is 0 Å². The lowest BCUT2D eigenvalue weighted by Crippen LogP contribution is -2.38. The summed E-state index contributed by atoms with van der Waals surface area (Å²) in [6, 6.07) is 0. The molecule has 0 spiro atoms. The van der Waals surface area contributed by atoms with Crippen LogP contribution < -0.4 is 10.6 Å². The smallest absolute Gasteiger partial charge is 0.218 e. The van der Waals surface area contributed by atoms with Gasteiger partial charge in [-0.15, -0.1) is 0 Å². The molecule has 0 radical (unpaired) electrons. The maximum absolute atomic E-state index is 10.7. The van der Waals surface area contributed by atoms with Gasteiger partial charge in [0.05, 0.1) is 0 Å². The van der Waals surface area contributed by atoms with Crippen LogP contribution in [0.4, 0.5) is 0 Å². The fourth-order valence-electron chi connectivity index (χ4n) is 1.40. The second kappa shape index (κ2) is 8.11. The molecule has 0 unspecified atom stereocenters. The van der Waals surface area contributed by atoms with Crippen LogP contribution in [0.25, 0.3) is 0 Å². The number of rotatable bonds is 11. The van der Waals surface area contributed by atoms with E-state index < -0.39 is 11.1 Å². The Labute approximate surface area is 119 Å². The Hall–Kier alpha value is -1.28. The van der Waals surface area contributed by atoms with Gasteiger partial charge in [-0.2, -0.15) is 0 Å². The lowest BCUT2D eigenvalue weighted by molar-refractivity contribution is -0.561. The van der Waals surface area contributed by atoms with Gasteiger partial charge in [-0.05, 0) is 0 Å². The number of nitro groups is 2. The van der Waals surface area contributed by atoms with Gasteiger partial charge in [0, 0.05) is 76.6 Å². The van der Waals surface area contributed by atoms with E-state index >= 15 is 0 Å². The second-order valence-corrected chi connectivity index (χ2v) is 6.14. The first-order valence-electron chi connectivity index (χ1n) is 6.80. The summed E-state index contributed by atoms with van der Waals surface area (Å²) in [6.45, 7) is 8.95. The third-order valence-corrected chi connectivity index (χ3v) is 3.29. The summed E-state index contributed by atoms with van der Waals surface area (Å²) in [7, 11) is 0. The topological polar surface area (TPSA) is 110 Å². The molecule has 0 rings (SSSR count). The van der Waals surface area contributed by atoms with Crippen LogP contribution in [0, 0.1) is 20.2 Å². The van der Waals surface area contributed by atoms with E-state index in [-0.39, 0.29) is 9.85 Å². The Morgan fingerprint density at radius 1 is 0.750 bits per heavy atom. The molecule has 20 heavy (non-hydrogen) atoms. The predicted molar refractivity (Wildman–Crippen MR) is 77.1 cm³/mol. The molecule has 8 nitrogen and oxygen atoms in total. The van der Waals surface area contributed by atoms with Crippen LogP contribution in [-0.4, -0.2) is 47.1 Å². The quantitative estimate of drug-likeness (QED) is 0.334. The van der Waals surface area contributed by atoms with Crippen molar-refractivity contribution in [3.63, 3.8) is 0 Å². The van der Waals surface area contributed by atoms with Crippen molar-refractivity contribution in [3.8, 4) is 0 Å². The van der Waals surface area contributed by atoms with Gasteiger partial charge in [0.1, 0.15) is 0 Å². The van der Waals surface area contributed by atoms with Crippen molar-refractivity contribution in [1.82, 2.24) is 10.6 Å². The van der Waals surface area contributed by atoms with Gasteiger partial charge in [-0.1, -0.05) is 0 Å². The summed E-state index contributed by atoms with van der Waals surface area (Å²) < 4.78 is 0. The number of nitrogens with zero attached hydrogens (tertiary/aromatic N) is 2. The van der Waals surface area contributed by atoms with Crippen LogP contribution in [0.15, 0.2) is 0 Å². The van der Waals surface area contributed by atoms with E-state index in [0.717, 1.165) is 0 Å². The molecule has 0 aliphatic rings. The zero-order chi connectivity index (χ0) is 15.8. The maximum atomic E-state index is 10.7. The normalized spacial score (nSPS) is 12.4. The maximum Gasteiger partial charge on any atom is 0.218 e. The van der Waals surface area contributed by atoms with Crippen LogP contribution in [0.1, 0.15) is 40.5 Å². The van der Waals surface area contributed by atoms with Crippen molar-refractivity contribution in [2.24, 2.45) is 0 Å². The molecule has 2 N–H and O–H groups in total. The molecule has 0 saturated carbocycles. The molecule has 0 amide bonds. The predicted octanol–water partition coefficient (Wildman–Crippen LogP) is 1.06. The highest BCUT2D eigenvalue weighted by Gasteiger charge is 2.30. The summed E-state index contributed by atoms with van der Waals surface area (Å²) >= 11 is 0. The van der Waals surface area contributed by atoms with Gasteiger partial charge in [0.15, 0.2) is 0 Å². The van der Waals surface area contributed by atoms with E-state index in [1.165, 1.54) is 0 Å². The average Bonchev–Trinajstić information content (AvgIpc) is 2.31. The fourth-order valence-corrected chi connectivity index (χ4v) is 1.40. The van der Waals surface area contributed by atoms with Crippen molar-refractivity contribution in [2.75, 3.05) is 26.2 Å². The molecule has 0 saturated heterocycles. The molecular formula is C12H26N4O4. The highest BCUT2D eigenvalue weighted by atomic mass is 16.6. The summed E-state index contributed by atoms with van der Waals surface area (Å²) in [5, 5.41) is 27.6. The van der Waals surface area contributed by atoms with E-state index in [1.54, 1.807) is 27.7 Å². The standard InChI is InChI=1S/C12H26N4O4/c1-11(2,15(17)18)5-7-13-9-10-14-8-6-12(3,4)16(19)20/h13-14H,5-10H2,1-4H3. The molecule has 0 aromatic heterocycles. The summed E-state index contributed by atoms with van der Waals surface area (Å²) in [6.07, 6.45) is 0.933. The molecule has 0 bridgehead atoms. The molecule has 0 atom stereocenters. The van der Waals surface area contributed by atoms with E-state index in [9.17, 15) is 20.2 Å². The van der Waals surface area contributed by atoms with Gasteiger partial charge < -0.3 is 10.6 Å². The first kappa shape index (κ1) is 18.7. The van der Waals surface area contributed by atoms with Gasteiger partial charge in [-0.3, -0.25) is 20.2 Å². The SMILES string of the molecule is CC(C)(CCNCCNCCC(C)(C)[N+](=O)[O-])[N+](=O)[O-]. The van der Waals surface area contributed by atoms with Crippen molar-refractivity contribution < 1.29 is 9.85 Å². The minimum Gasteiger partial charge on any atom is -0.315 e. The lowest BCUT2D eigenvalue weighted by Gasteiger charge is -2.16. The molecule has 0 fully saturated rings. The highest BCUT2D eigenvalue weighted by molar-refractivity contribution is 4.70. The third-order valence-electron chi connectivity index (χ3n) is 3.29. The molecular weight excluding hydrogens is 264 g/mol. The number of hydrogen-bond acceptors (Lipinski definition) is 6. The number of hydrogen-bond donors (Lipinski definition) is 2. The number of nitrogens with one attached hydrogen (secondary N) is 2. The van der Waals surface area contributed by atoms with E-state index in [4.69, 9.17) is 0 Å². The van der Waals surface area contributed by atoms with Crippen molar-refractivity contribution >= 4 is 0 Å². The van der Waals surface area contributed by atoms with Gasteiger partial charge in [0.25, 0.3) is 0 Å². The molecule has 118 valence electrons. The minimum absolute atomic E-state index is 0.271. The Kier molecular flexibility index (Phi) is 7.59. The van der Waals surface area contributed by atoms with Gasteiger partial charge >= 0.3 is 0 Å². The Morgan fingerprint density at radius 2 is 1.05 bits per heavy atom. The van der Waals surface area contributed by atoms with Crippen LogP contribution in [0.2, 0.25) is 0 Å². The molecule has 0 heterocycles. The van der Waals surface area contributed by atoms with E-state index in [0.29, 0.717) is 39.0 Å². The molecule has 8 heteroatoms. The van der Waals surface area contributed by atoms with Crippen molar-refractivity contribution in [2.45, 2.75) is 51.6 Å².